The molecule has 0 aromatic carbocycles. The molecule has 5 N–H and O–H groups in total. The Labute approximate surface area is 107 Å². The number of aliphatic hydroxyl groups is 4. The van der Waals surface area contributed by atoms with Crippen LogP contribution in [-0.2, 0) is 0 Å². The van der Waals surface area contributed by atoms with Crippen LogP contribution in [-0.4, -0.2) is 57.7 Å². The summed E-state index contributed by atoms with van der Waals surface area (Å²) in [6.07, 6.45) is 2.45. The van der Waals surface area contributed by atoms with E-state index in [0.29, 0.717) is 6.54 Å². The first-order valence-electron chi connectivity index (χ1n) is 6.04. The van der Waals surface area contributed by atoms with E-state index < -0.39 is 17.8 Å². The Morgan fingerprint density at radius 1 is 1.50 bits per heavy atom. The van der Waals surface area contributed by atoms with Crippen LogP contribution in [0.25, 0.3) is 0 Å². The van der Waals surface area contributed by atoms with Crippen molar-refractivity contribution in [2.75, 3.05) is 19.7 Å². The monoisotopic (exact) mass is 258 g/mol. The van der Waals surface area contributed by atoms with E-state index >= 15 is 0 Å². The van der Waals surface area contributed by atoms with Gasteiger partial charge in [0.15, 0.2) is 5.79 Å². The van der Waals surface area contributed by atoms with Crippen LogP contribution in [0.5, 0.6) is 0 Å². The van der Waals surface area contributed by atoms with Gasteiger partial charge in [0.2, 0.25) is 0 Å². The first kappa shape index (κ1) is 15.3. The zero-order valence-corrected chi connectivity index (χ0v) is 10.7. The van der Waals surface area contributed by atoms with Crippen molar-refractivity contribution < 1.29 is 20.4 Å². The molecule has 0 spiro atoms. The lowest BCUT2D eigenvalue weighted by Gasteiger charge is -2.33. The number of aliphatic imine (C=N–C) groups is 1. The number of hydrogen-bond acceptors (Lipinski definition) is 6. The number of nitrogens with one attached hydrogen (secondary N) is 1. The number of nitrogens with zero attached hydrogens (tertiary/aromatic N) is 1. The van der Waals surface area contributed by atoms with Gasteiger partial charge in [-0.3, -0.25) is 4.99 Å². The Kier molecular flexibility index (Phi) is 5.43. The van der Waals surface area contributed by atoms with Crippen molar-refractivity contribution in [1.82, 2.24) is 5.32 Å². The smallest absolute Gasteiger partial charge is 0.166 e. The molecule has 1 rings (SSSR count). The molecule has 0 bridgehead atoms. The van der Waals surface area contributed by atoms with Crippen molar-refractivity contribution in [3.05, 3.63) is 12.3 Å². The van der Waals surface area contributed by atoms with Gasteiger partial charge in [-0.2, -0.15) is 0 Å². The fraction of sp³-hybridized carbons (Fsp3) is 0.750. The van der Waals surface area contributed by atoms with Gasteiger partial charge in [-0.05, 0) is 6.92 Å². The molecule has 0 saturated carbocycles. The van der Waals surface area contributed by atoms with Crippen molar-refractivity contribution in [1.29, 1.82) is 0 Å². The molecule has 0 aromatic heterocycles. The van der Waals surface area contributed by atoms with E-state index in [1.54, 1.807) is 12.3 Å². The summed E-state index contributed by atoms with van der Waals surface area (Å²) >= 11 is 0. The van der Waals surface area contributed by atoms with Gasteiger partial charge in [-0.15, -0.1) is 0 Å². The quantitative estimate of drug-likeness (QED) is 0.387. The van der Waals surface area contributed by atoms with Gasteiger partial charge in [-0.25, -0.2) is 0 Å². The Balaban J connectivity index is 2.52. The van der Waals surface area contributed by atoms with E-state index in [9.17, 15) is 15.3 Å². The molecule has 1 aliphatic rings. The van der Waals surface area contributed by atoms with Crippen LogP contribution in [0.4, 0.5) is 0 Å². The second kappa shape index (κ2) is 6.40. The Morgan fingerprint density at radius 2 is 2.17 bits per heavy atom. The van der Waals surface area contributed by atoms with Gasteiger partial charge in [0.25, 0.3) is 0 Å². The third-order valence-corrected chi connectivity index (χ3v) is 3.13. The standard InChI is InChI=1S/C12H22N2O4/c1-8-10(12(2,17)18)3-4-14-11(8)6-13-5-9(16)7-15/h3-4,8-10,13,15-18H,5-7H2,1-2H3/t8?,9-,10?/m1/s1. The van der Waals surface area contributed by atoms with Crippen molar-refractivity contribution in [3.63, 3.8) is 0 Å². The lowest BCUT2D eigenvalue weighted by molar-refractivity contribution is -0.178. The number of hydrogen-bond donors (Lipinski definition) is 5. The second-order valence-electron chi connectivity index (χ2n) is 4.84. The molecule has 0 amide bonds. The molecular formula is C12H22N2O4. The van der Waals surface area contributed by atoms with E-state index in [4.69, 9.17) is 5.11 Å². The van der Waals surface area contributed by atoms with Crippen molar-refractivity contribution >= 4 is 5.71 Å². The summed E-state index contributed by atoms with van der Waals surface area (Å²) in [6.45, 7) is 3.65. The lowest BCUT2D eigenvalue weighted by Crippen LogP contribution is -2.44. The summed E-state index contributed by atoms with van der Waals surface area (Å²) in [6, 6.07) is 0. The Hall–Kier alpha value is -0.790. The van der Waals surface area contributed by atoms with E-state index in [-0.39, 0.29) is 19.1 Å². The molecule has 0 radical (unpaired) electrons. The van der Waals surface area contributed by atoms with Crippen molar-refractivity contribution in [3.8, 4) is 0 Å². The maximum Gasteiger partial charge on any atom is 0.166 e. The second-order valence-corrected chi connectivity index (χ2v) is 4.84. The molecular weight excluding hydrogens is 236 g/mol. The molecule has 6 heteroatoms. The van der Waals surface area contributed by atoms with Gasteiger partial charge < -0.3 is 25.7 Å². The Morgan fingerprint density at radius 3 is 2.72 bits per heavy atom. The molecule has 0 aliphatic carbocycles. The van der Waals surface area contributed by atoms with E-state index in [1.807, 2.05) is 6.92 Å². The van der Waals surface area contributed by atoms with E-state index in [2.05, 4.69) is 10.3 Å². The molecule has 0 aromatic rings. The molecule has 1 aliphatic heterocycles. The predicted octanol–water partition coefficient (Wildman–Crippen LogP) is -1.15. The Bertz CT molecular complexity index is 323. The van der Waals surface area contributed by atoms with Crippen LogP contribution in [0.1, 0.15) is 13.8 Å². The van der Waals surface area contributed by atoms with Crippen molar-refractivity contribution in [2.24, 2.45) is 16.8 Å². The normalized spacial score (nSPS) is 26.0. The highest BCUT2D eigenvalue weighted by Gasteiger charge is 2.35. The minimum Gasteiger partial charge on any atom is -0.394 e. The fourth-order valence-corrected chi connectivity index (χ4v) is 2.02. The van der Waals surface area contributed by atoms with Crippen LogP contribution in [0.15, 0.2) is 17.3 Å². The maximum atomic E-state index is 9.64. The summed E-state index contributed by atoms with van der Waals surface area (Å²) in [5.41, 5.74) is 0.793. The van der Waals surface area contributed by atoms with Crippen LogP contribution in [0, 0.1) is 11.8 Å². The van der Waals surface area contributed by atoms with E-state index in [1.165, 1.54) is 6.92 Å². The van der Waals surface area contributed by atoms with Crippen LogP contribution >= 0.6 is 0 Å². The summed E-state index contributed by atoms with van der Waals surface area (Å²) in [7, 11) is 0. The summed E-state index contributed by atoms with van der Waals surface area (Å²) in [4.78, 5) is 4.20. The summed E-state index contributed by atoms with van der Waals surface area (Å²) in [5.74, 6) is -2.29. The highest BCUT2D eigenvalue weighted by atomic mass is 16.5. The first-order chi connectivity index (χ1) is 8.36. The first-order valence-corrected chi connectivity index (χ1v) is 6.04. The van der Waals surface area contributed by atoms with Crippen LogP contribution in [0.2, 0.25) is 0 Å². The SMILES string of the molecule is CC1C(CNC[C@@H](O)CO)=NC=CC1C(C)(O)O. The average Bonchev–Trinajstić information content (AvgIpc) is 2.29. The molecule has 0 saturated heterocycles. The molecule has 1 heterocycles. The number of aliphatic hydroxyl groups excluding tert-OH is 2. The molecule has 0 fully saturated rings. The van der Waals surface area contributed by atoms with Gasteiger partial charge in [0, 0.05) is 36.8 Å². The van der Waals surface area contributed by atoms with Crippen molar-refractivity contribution in [2.45, 2.75) is 25.7 Å². The zero-order valence-electron chi connectivity index (χ0n) is 10.7. The fourth-order valence-electron chi connectivity index (χ4n) is 2.02. The van der Waals surface area contributed by atoms with Crippen LogP contribution in [0.3, 0.4) is 0 Å². The average molecular weight is 258 g/mol. The third kappa shape index (κ3) is 4.15. The minimum atomic E-state index is -1.78. The predicted molar refractivity (Wildman–Crippen MR) is 68.0 cm³/mol. The molecule has 104 valence electrons. The van der Waals surface area contributed by atoms with Gasteiger partial charge >= 0.3 is 0 Å². The topological polar surface area (TPSA) is 105 Å². The molecule has 2 unspecified atom stereocenters. The third-order valence-electron chi connectivity index (χ3n) is 3.13. The van der Waals surface area contributed by atoms with Gasteiger partial charge in [0.05, 0.1) is 12.7 Å². The van der Waals surface area contributed by atoms with Gasteiger partial charge in [0.1, 0.15) is 0 Å². The minimum absolute atomic E-state index is 0.103. The zero-order chi connectivity index (χ0) is 13.8. The van der Waals surface area contributed by atoms with Crippen LogP contribution < -0.4 is 5.32 Å². The highest BCUT2D eigenvalue weighted by Crippen LogP contribution is 2.28. The maximum absolute atomic E-state index is 9.64. The van der Waals surface area contributed by atoms with E-state index in [0.717, 1.165) is 5.71 Å². The largest absolute Gasteiger partial charge is 0.394 e. The number of rotatable bonds is 6. The lowest BCUT2D eigenvalue weighted by atomic mass is 9.82. The molecule has 3 atom stereocenters. The van der Waals surface area contributed by atoms with Gasteiger partial charge in [-0.1, -0.05) is 13.0 Å². The highest BCUT2D eigenvalue weighted by molar-refractivity contribution is 5.90. The summed E-state index contributed by atoms with van der Waals surface area (Å²) in [5, 5.41) is 40.1. The molecule has 6 nitrogen and oxygen atoms in total. The summed E-state index contributed by atoms with van der Waals surface area (Å²) < 4.78 is 0. The molecule has 18 heavy (non-hydrogen) atoms.